The number of benzene rings is 1. The molecule has 0 amide bonds. The van der Waals surface area contributed by atoms with Gasteiger partial charge in [-0.3, -0.25) is 0 Å². The first-order valence-corrected chi connectivity index (χ1v) is 5.39. The fraction of sp³-hybridized carbons (Fsp3) is 0.385. The highest BCUT2D eigenvalue weighted by Crippen LogP contribution is 2.13. The van der Waals surface area contributed by atoms with E-state index in [4.69, 9.17) is 0 Å². The Hall–Kier alpha value is -1.22. The highest BCUT2D eigenvalue weighted by Gasteiger charge is 2.10. The first-order chi connectivity index (χ1) is 7.67. The van der Waals surface area contributed by atoms with E-state index in [0.717, 1.165) is 18.9 Å². The fourth-order valence-corrected chi connectivity index (χ4v) is 1.62. The Morgan fingerprint density at radius 2 is 2.19 bits per heavy atom. The minimum absolute atomic E-state index is 0.193. The van der Waals surface area contributed by atoms with E-state index in [9.17, 15) is 8.78 Å². The minimum atomic E-state index is -0.534. The lowest BCUT2D eigenvalue weighted by Crippen LogP contribution is -2.27. The maximum absolute atomic E-state index is 13.4. The smallest absolute Gasteiger partial charge is 0.129 e. The first-order valence-electron chi connectivity index (χ1n) is 5.39. The van der Waals surface area contributed by atoms with Gasteiger partial charge in [-0.15, -0.1) is 6.58 Å². The monoisotopic (exact) mass is 225 g/mol. The van der Waals surface area contributed by atoms with Gasteiger partial charge in [-0.25, -0.2) is 8.78 Å². The van der Waals surface area contributed by atoms with Gasteiger partial charge in [0.05, 0.1) is 0 Å². The molecule has 0 radical (unpaired) electrons. The van der Waals surface area contributed by atoms with E-state index >= 15 is 0 Å². The molecule has 0 aliphatic heterocycles. The van der Waals surface area contributed by atoms with Gasteiger partial charge in [0.2, 0.25) is 0 Å². The lowest BCUT2D eigenvalue weighted by molar-refractivity contribution is 0.504. The van der Waals surface area contributed by atoms with Crippen LogP contribution in [0.4, 0.5) is 8.78 Å². The van der Waals surface area contributed by atoms with Crippen molar-refractivity contribution in [1.29, 1.82) is 0 Å². The molecule has 1 atom stereocenters. The molecule has 1 unspecified atom stereocenters. The van der Waals surface area contributed by atoms with Crippen LogP contribution in [0, 0.1) is 11.6 Å². The van der Waals surface area contributed by atoms with E-state index in [-0.39, 0.29) is 6.04 Å². The molecule has 0 aliphatic carbocycles. The van der Waals surface area contributed by atoms with Gasteiger partial charge < -0.3 is 5.32 Å². The Labute approximate surface area is 95.2 Å². The van der Waals surface area contributed by atoms with Gasteiger partial charge in [-0.2, -0.15) is 0 Å². The molecule has 0 heterocycles. The third-order valence-electron chi connectivity index (χ3n) is 2.61. The Bertz CT molecular complexity index is 350. The molecule has 1 aromatic rings. The Kier molecular flexibility index (Phi) is 5.12. The van der Waals surface area contributed by atoms with Gasteiger partial charge in [0.25, 0.3) is 0 Å². The average molecular weight is 225 g/mol. The molecule has 88 valence electrons. The zero-order valence-corrected chi connectivity index (χ0v) is 9.47. The second-order valence-corrected chi connectivity index (χ2v) is 3.79. The van der Waals surface area contributed by atoms with Crippen LogP contribution < -0.4 is 5.32 Å². The molecule has 0 aliphatic rings. The summed E-state index contributed by atoms with van der Waals surface area (Å²) < 4.78 is 26.1. The van der Waals surface area contributed by atoms with Gasteiger partial charge in [-0.05, 0) is 37.9 Å². The Balaban J connectivity index is 2.66. The standard InChI is InChI=1S/C13H17F2N/c1-3-4-5-12(16-2)8-10-6-7-11(14)9-13(10)15/h3,6-7,9,12,16H,1,4-5,8H2,2H3. The van der Waals surface area contributed by atoms with Crippen LogP contribution in [0.5, 0.6) is 0 Å². The molecular formula is C13H17F2N. The van der Waals surface area contributed by atoms with Crippen molar-refractivity contribution in [3.05, 3.63) is 48.1 Å². The average Bonchev–Trinajstić information content (AvgIpc) is 2.27. The van der Waals surface area contributed by atoms with E-state index in [2.05, 4.69) is 11.9 Å². The summed E-state index contributed by atoms with van der Waals surface area (Å²) in [5.74, 6) is -1.01. The van der Waals surface area contributed by atoms with Crippen LogP contribution in [0.25, 0.3) is 0 Å². The van der Waals surface area contributed by atoms with E-state index in [1.807, 2.05) is 13.1 Å². The number of likely N-dealkylation sites (N-methyl/N-ethyl adjacent to an activating group) is 1. The van der Waals surface area contributed by atoms with Crippen LogP contribution in [-0.4, -0.2) is 13.1 Å². The number of halogens is 2. The molecule has 1 nitrogen and oxygen atoms in total. The van der Waals surface area contributed by atoms with Crippen molar-refractivity contribution >= 4 is 0 Å². The summed E-state index contributed by atoms with van der Waals surface area (Å²) in [6.07, 6.45) is 4.19. The van der Waals surface area contributed by atoms with E-state index in [1.54, 1.807) is 0 Å². The highest BCUT2D eigenvalue weighted by molar-refractivity contribution is 5.19. The third kappa shape index (κ3) is 3.74. The zero-order valence-electron chi connectivity index (χ0n) is 9.47. The molecule has 1 aromatic carbocycles. The molecule has 0 bridgehead atoms. The van der Waals surface area contributed by atoms with Gasteiger partial charge >= 0.3 is 0 Å². The quantitative estimate of drug-likeness (QED) is 0.734. The molecular weight excluding hydrogens is 208 g/mol. The number of rotatable bonds is 6. The lowest BCUT2D eigenvalue weighted by Gasteiger charge is -2.15. The van der Waals surface area contributed by atoms with Crippen molar-refractivity contribution in [2.75, 3.05) is 7.05 Å². The van der Waals surface area contributed by atoms with Crippen molar-refractivity contribution in [1.82, 2.24) is 5.32 Å². The predicted octanol–water partition coefficient (Wildman–Crippen LogP) is 3.06. The highest BCUT2D eigenvalue weighted by atomic mass is 19.1. The van der Waals surface area contributed by atoms with E-state index in [0.29, 0.717) is 12.0 Å². The molecule has 3 heteroatoms. The van der Waals surface area contributed by atoms with Gasteiger partial charge in [0, 0.05) is 12.1 Å². The molecule has 0 saturated heterocycles. The Morgan fingerprint density at radius 1 is 1.44 bits per heavy atom. The topological polar surface area (TPSA) is 12.0 Å². The Morgan fingerprint density at radius 3 is 2.75 bits per heavy atom. The molecule has 0 spiro atoms. The summed E-state index contributed by atoms with van der Waals surface area (Å²) in [6.45, 7) is 3.65. The van der Waals surface area contributed by atoms with Gasteiger partial charge in [0.15, 0.2) is 0 Å². The van der Waals surface area contributed by atoms with Crippen molar-refractivity contribution in [3.8, 4) is 0 Å². The normalized spacial score (nSPS) is 12.4. The molecule has 0 fully saturated rings. The van der Waals surface area contributed by atoms with E-state index < -0.39 is 11.6 Å². The van der Waals surface area contributed by atoms with Gasteiger partial charge in [0.1, 0.15) is 11.6 Å². The van der Waals surface area contributed by atoms with Crippen LogP contribution in [0.15, 0.2) is 30.9 Å². The lowest BCUT2D eigenvalue weighted by atomic mass is 10.0. The summed E-state index contributed by atoms with van der Waals surface area (Å²) in [4.78, 5) is 0. The maximum atomic E-state index is 13.4. The number of hydrogen-bond acceptors (Lipinski definition) is 1. The molecule has 0 saturated carbocycles. The molecule has 1 N–H and O–H groups in total. The van der Waals surface area contributed by atoms with Crippen LogP contribution in [0.2, 0.25) is 0 Å². The fourth-order valence-electron chi connectivity index (χ4n) is 1.62. The summed E-state index contributed by atoms with van der Waals surface area (Å²) in [7, 11) is 1.84. The second-order valence-electron chi connectivity index (χ2n) is 3.79. The van der Waals surface area contributed by atoms with Crippen LogP contribution in [0.1, 0.15) is 18.4 Å². The number of allylic oxidation sites excluding steroid dienone is 1. The SMILES string of the molecule is C=CCCC(Cc1ccc(F)cc1F)NC. The van der Waals surface area contributed by atoms with Crippen molar-refractivity contribution < 1.29 is 8.78 Å². The molecule has 16 heavy (non-hydrogen) atoms. The second kappa shape index (κ2) is 6.38. The molecule has 0 aromatic heterocycles. The number of nitrogens with one attached hydrogen (secondary N) is 1. The zero-order chi connectivity index (χ0) is 12.0. The molecule has 1 rings (SSSR count). The summed E-state index contributed by atoms with van der Waals surface area (Å²) >= 11 is 0. The van der Waals surface area contributed by atoms with Crippen molar-refractivity contribution in [3.63, 3.8) is 0 Å². The van der Waals surface area contributed by atoms with Gasteiger partial charge in [-0.1, -0.05) is 12.1 Å². The minimum Gasteiger partial charge on any atom is -0.317 e. The summed E-state index contributed by atoms with van der Waals surface area (Å²) in [5, 5.41) is 3.12. The third-order valence-corrected chi connectivity index (χ3v) is 2.61. The van der Waals surface area contributed by atoms with E-state index in [1.165, 1.54) is 12.1 Å². The van der Waals surface area contributed by atoms with Crippen LogP contribution >= 0.6 is 0 Å². The van der Waals surface area contributed by atoms with Crippen molar-refractivity contribution in [2.45, 2.75) is 25.3 Å². The van der Waals surface area contributed by atoms with Crippen molar-refractivity contribution in [2.24, 2.45) is 0 Å². The predicted molar refractivity (Wildman–Crippen MR) is 62.3 cm³/mol. The van der Waals surface area contributed by atoms with Crippen LogP contribution in [-0.2, 0) is 6.42 Å². The summed E-state index contributed by atoms with van der Waals surface area (Å²) in [6, 6.07) is 3.91. The maximum Gasteiger partial charge on any atom is 0.129 e. The van der Waals surface area contributed by atoms with Crippen LogP contribution in [0.3, 0.4) is 0 Å². The number of hydrogen-bond donors (Lipinski definition) is 1. The summed E-state index contributed by atoms with van der Waals surface area (Å²) in [5.41, 5.74) is 0.546. The first kappa shape index (κ1) is 12.8. The largest absolute Gasteiger partial charge is 0.317 e.